The molecule has 5 rings (SSSR count). The molecule has 15 heteroatoms. The zero-order chi connectivity index (χ0) is 25.6. The number of anilines is 1. The summed E-state index contributed by atoms with van der Waals surface area (Å²) >= 11 is 8.39. The van der Waals surface area contributed by atoms with Gasteiger partial charge in [-0.3, -0.25) is 14.5 Å². The normalized spacial score (nSPS) is 22.6. The van der Waals surface area contributed by atoms with E-state index in [1.807, 2.05) is 0 Å². The van der Waals surface area contributed by atoms with Crippen molar-refractivity contribution in [1.29, 1.82) is 0 Å². The summed E-state index contributed by atoms with van der Waals surface area (Å²) in [5, 5.41) is 5.83. The number of thioether (sulfide) groups is 1. The second kappa shape index (κ2) is 9.44. The second-order valence-corrected chi connectivity index (χ2v) is 10.3. The Morgan fingerprint density at radius 3 is 2.83 bits per heavy atom. The number of cyclic esters (lactones) is 1. The van der Waals surface area contributed by atoms with Crippen LogP contribution in [0.3, 0.4) is 0 Å². The number of hydrogen-bond donors (Lipinski definition) is 2. The number of ether oxygens (including phenoxy) is 2. The van der Waals surface area contributed by atoms with Gasteiger partial charge in [-0.05, 0) is 12.1 Å². The van der Waals surface area contributed by atoms with Gasteiger partial charge in [0, 0.05) is 11.3 Å². The zero-order valence-electron chi connectivity index (χ0n) is 18.3. The predicted octanol–water partition coefficient (Wildman–Crippen LogP) is 1.43. The fourth-order valence-corrected chi connectivity index (χ4v) is 5.97. The van der Waals surface area contributed by atoms with Crippen molar-refractivity contribution in [2.75, 3.05) is 18.6 Å². The Bertz CT molecular complexity index is 1360. The molecule has 3 atom stereocenters. The van der Waals surface area contributed by atoms with Gasteiger partial charge in [0.15, 0.2) is 10.8 Å². The van der Waals surface area contributed by atoms with E-state index in [2.05, 4.69) is 15.5 Å². The summed E-state index contributed by atoms with van der Waals surface area (Å²) in [6, 6.07) is 5.59. The van der Waals surface area contributed by atoms with Gasteiger partial charge in [-0.1, -0.05) is 46.3 Å². The monoisotopic (exact) mass is 549 g/mol. The van der Waals surface area contributed by atoms with E-state index in [0.29, 0.717) is 16.9 Å². The van der Waals surface area contributed by atoms with E-state index in [4.69, 9.17) is 31.6 Å². The van der Waals surface area contributed by atoms with Crippen molar-refractivity contribution in [1.82, 2.24) is 15.2 Å². The fourth-order valence-electron chi connectivity index (χ4n) is 3.84. The maximum atomic E-state index is 13.0. The summed E-state index contributed by atoms with van der Waals surface area (Å²) in [6.45, 7) is 0. The second-order valence-electron chi connectivity index (χ2n) is 7.50. The molecule has 1 aromatic carbocycles. The molecule has 3 N–H and O–H groups in total. The van der Waals surface area contributed by atoms with Crippen molar-refractivity contribution in [3.05, 3.63) is 57.2 Å². The maximum absolute atomic E-state index is 13.0. The van der Waals surface area contributed by atoms with Gasteiger partial charge in [0.25, 0.3) is 18.1 Å². The first-order valence-corrected chi connectivity index (χ1v) is 12.5. The van der Waals surface area contributed by atoms with Gasteiger partial charge >= 0.3 is 11.9 Å². The van der Waals surface area contributed by atoms with Gasteiger partial charge in [0.05, 0.1) is 5.56 Å². The van der Waals surface area contributed by atoms with Crippen LogP contribution in [0.25, 0.3) is 0 Å². The molecule has 12 nitrogen and oxygen atoms in total. The van der Waals surface area contributed by atoms with E-state index < -0.39 is 41.5 Å². The van der Waals surface area contributed by atoms with E-state index in [1.54, 1.807) is 24.3 Å². The van der Waals surface area contributed by atoms with Crippen molar-refractivity contribution in [2.45, 2.75) is 17.7 Å². The minimum Gasteiger partial charge on any atom is -0.417 e. The first-order chi connectivity index (χ1) is 17.3. The van der Waals surface area contributed by atoms with Crippen LogP contribution in [0.15, 0.2) is 41.2 Å². The van der Waals surface area contributed by atoms with Crippen molar-refractivity contribution in [2.24, 2.45) is 5.16 Å². The number of nitrogen functional groups attached to an aromatic ring is 1. The third-order valence-electron chi connectivity index (χ3n) is 5.43. The summed E-state index contributed by atoms with van der Waals surface area (Å²) in [6.07, 6.45) is 0.322. The summed E-state index contributed by atoms with van der Waals surface area (Å²) in [4.78, 5) is 60.8. The van der Waals surface area contributed by atoms with E-state index in [-0.39, 0.29) is 26.6 Å². The molecular formula is C21H16ClN5O7S2. The molecule has 0 bridgehead atoms. The molecule has 0 aliphatic carbocycles. The molecule has 2 amide bonds. The third-order valence-corrected chi connectivity index (χ3v) is 7.70. The van der Waals surface area contributed by atoms with Crippen LogP contribution in [0.2, 0.25) is 4.34 Å². The van der Waals surface area contributed by atoms with Crippen LogP contribution in [-0.2, 0) is 28.7 Å². The number of fused-ring (bicyclic) bond motifs is 2. The van der Waals surface area contributed by atoms with E-state index >= 15 is 0 Å². The predicted molar refractivity (Wildman–Crippen MR) is 129 cm³/mol. The van der Waals surface area contributed by atoms with Crippen LogP contribution in [-0.4, -0.2) is 63.6 Å². The van der Waals surface area contributed by atoms with Gasteiger partial charge < -0.3 is 25.4 Å². The molecule has 0 saturated carbocycles. The number of amides is 2. The highest BCUT2D eigenvalue weighted by atomic mass is 35.5. The number of nitrogens with two attached hydrogens (primary N) is 1. The number of aromatic nitrogens is 1. The molecule has 4 heterocycles. The zero-order valence-corrected chi connectivity index (χ0v) is 20.7. The Kier molecular flexibility index (Phi) is 6.32. The van der Waals surface area contributed by atoms with Crippen LogP contribution in [0.4, 0.5) is 5.13 Å². The van der Waals surface area contributed by atoms with Crippen molar-refractivity contribution in [3.63, 3.8) is 0 Å². The van der Waals surface area contributed by atoms with Gasteiger partial charge in [0.1, 0.15) is 34.3 Å². The number of nitrogens with one attached hydrogen (secondary N) is 1. The molecule has 3 aliphatic rings. The maximum Gasteiger partial charge on any atom is 0.358 e. The number of rotatable bonds is 6. The molecule has 0 radical (unpaired) electrons. The minimum atomic E-state index is -1.22. The number of carbonyl (C=O) groups is 4. The van der Waals surface area contributed by atoms with Crippen LogP contribution in [0.1, 0.15) is 27.9 Å². The quantitative estimate of drug-likeness (QED) is 0.233. The number of nitrogens with zero attached hydrogens (tertiary/aromatic N) is 3. The average Bonchev–Trinajstić information content (AvgIpc) is 3.37. The molecular weight excluding hydrogens is 534 g/mol. The number of thiazole rings is 1. The van der Waals surface area contributed by atoms with Gasteiger partial charge in [-0.15, -0.1) is 11.8 Å². The molecule has 1 saturated heterocycles. The Labute approximate surface area is 216 Å². The lowest BCUT2D eigenvalue weighted by molar-refractivity contribution is -0.168. The Hall–Kier alpha value is -3.62. The molecule has 36 heavy (non-hydrogen) atoms. The fraction of sp³-hybridized carbons (Fsp3) is 0.238. The van der Waals surface area contributed by atoms with Crippen LogP contribution < -0.4 is 11.1 Å². The highest BCUT2D eigenvalue weighted by Crippen LogP contribution is 2.39. The van der Waals surface area contributed by atoms with E-state index in [0.717, 1.165) is 11.3 Å². The number of carbonyl (C=O) groups excluding carboxylic acids is 4. The molecule has 1 fully saturated rings. The number of halogens is 1. The summed E-state index contributed by atoms with van der Waals surface area (Å²) in [7, 11) is 1.24. The first kappa shape index (κ1) is 24.1. The Morgan fingerprint density at radius 2 is 2.11 bits per heavy atom. The Morgan fingerprint density at radius 1 is 1.33 bits per heavy atom. The average molecular weight is 550 g/mol. The van der Waals surface area contributed by atoms with Crippen molar-refractivity contribution < 1.29 is 33.5 Å². The smallest absolute Gasteiger partial charge is 0.358 e. The van der Waals surface area contributed by atoms with Crippen molar-refractivity contribution >= 4 is 69.3 Å². The summed E-state index contributed by atoms with van der Waals surface area (Å²) < 4.78 is 10.7. The molecule has 3 aliphatic heterocycles. The lowest BCUT2D eigenvalue weighted by atomic mass is 10.0. The minimum absolute atomic E-state index is 0.00391. The first-order valence-electron chi connectivity index (χ1n) is 10.3. The highest BCUT2D eigenvalue weighted by Gasteiger charge is 2.53. The van der Waals surface area contributed by atoms with Crippen LogP contribution >= 0.6 is 34.7 Å². The van der Waals surface area contributed by atoms with E-state index in [9.17, 15) is 19.2 Å². The standard InChI is InChI=1S/C21H16ClN5O7S2/c1-32-26-12(11-14(22)36-21(23)25-11)15(28)24-13-16(29)27-10(6-7-35-17(13)27)19(31)34-20-9-5-3-2-4-8(9)18(30)33-20/h2-6,13,17,20H,7H2,1H3,(H2,23,25)(H,24,28)/t13-,17-,20?/m1/s1. The van der Waals surface area contributed by atoms with Crippen molar-refractivity contribution in [3.8, 4) is 0 Å². The SMILES string of the molecule is CON=C(C(=O)N[C@@H]1C(=O)N2C(C(=O)OC3OC(=O)c4ccccc43)=CCS[C@H]12)c1nc(N)sc1Cl. The largest absolute Gasteiger partial charge is 0.417 e. The number of esters is 2. The molecule has 2 aromatic rings. The van der Waals surface area contributed by atoms with Crippen LogP contribution in [0, 0.1) is 0 Å². The van der Waals surface area contributed by atoms with Gasteiger partial charge in [0.2, 0.25) is 0 Å². The van der Waals surface area contributed by atoms with E-state index in [1.165, 1.54) is 29.8 Å². The molecule has 1 unspecified atom stereocenters. The van der Waals surface area contributed by atoms with Gasteiger partial charge in [-0.25, -0.2) is 14.6 Å². The molecule has 0 spiro atoms. The van der Waals surface area contributed by atoms with Gasteiger partial charge in [-0.2, -0.15) is 0 Å². The topological polar surface area (TPSA) is 163 Å². The molecule has 1 aromatic heterocycles. The lowest BCUT2D eigenvalue weighted by Gasteiger charge is -2.48. The van der Waals surface area contributed by atoms with Crippen LogP contribution in [0.5, 0.6) is 0 Å². The summed E-state index contributed by atoms with van der Waals surface area (Å²) in [5.74, 6) is -2.35. The molecule has 186 valence electrons. The third kappa shape index (κ3) is 4.06. The number of hydrogen-bond acceptors (Lipinski definition) is 12. The Balaban J connectivity index is 1.28. The summed E-state index contributed by atoms with van der Waals surface area (Å²) in [5.41, 5.74) is 6.15. The number of benzene rings is 1. The number of oxime groups is 1. The highest BCUT2D eigenvalue weighted by molar-refractivity contribution is 8.00. The number of β-lactam (4-membered cyclic amide) rings is 1. The lowest BCUT2D eigenvalue weighted by Crippen LogP contribution is -2.70.